The largest absolute Gasteiger partial charge is 0.472 e. The Bertz CT molecular complexity index is 1530. The van der Waals surface area contributed by atoms with Crippen molar-refractivity contribution in [2.75, 3.05) is 25.1 Å². The van der Waals surface area contributed by atoms with Crippen LogP contribution in [0.15, 0.2) is 16.8 Å². The van der Waals surface area contributed by atoms with Crippen LogP contribution in [0, 0.1) is 10.1 Å². The van der Waals surface area contributed by atoms with Crippen LogP contribution in [0.25, 0.3) is 11.0 Å². The molecule has 2 aromatic rings. The molecular formula is C35H57N4O16P. The summed E-state index contributed by atoms with van der Waals surface area (Å²) in [6.45, 7) is 1.27. The van der Waals surface area contributed by atoms with Gasteiger partial charge in [0.1, 0.15) is 43.2 Å². The molecule has 1 aliphatic carbocycles. The number of aliphatic hydroxyl groups is 5. The normalized spacial score (nSPS) is 22.7. The van der Waals surface area contributed by atoms with Gasteiger partial charge in [-0.1, -0.05) is 77.6 Å². The van der Waals surface area contributed by atoms with Crippen molar-refractivity contribution in [3.05, 3.63) is 22.2 Å². The van der Waals surface area contributed by atoms with Crippen molar-refractivity contribution < 1.29 is 72.7 Å². The number of hydrogen-bond acceptors (Lipinski definition) is 18. The number of nitrogens with zero attached hydrogens (tertiary/aromatic N) is 3. The molecule has 56 heavy (non-hydrogen) atoms. The van der Waals surface area contributed by atoms with Gasteiger partial charge in [-0.2, -0.15) is 0 Å². The highest BCUT2D eigenvalue weighted by Gasteiger charge is 2.51. The molecule has 20 nitrogen and oxygen atoms in total. The van der Waals surface area contributed by atoms with Crippen LogP contribution < -0.4 is 5.32 Å². The number of aliphatic hydroxyl groups excluding tert-OH is 5. The topological polar surface area (TPSA) is 304 Å². The smallest absolute Gasteiger partial charge is 0.462 e. The maximum atomic E-state index is 12.8. The summed E-state index contributed by atoms with van der Waals surface area (Å²) < 4.78 is 37.9. The van der Waals surface area contributed by atoms with Crippen molar-refractivity contribution in [3.8, 4) is 0 Å². The van der Waals surface area contributed by atoms with E-state index in [1.54, 1.807) is 0 Å². The molecule has 21 heteroatoms. The molecule has 318 valence electrons. The summed E-state index contributed by atoms with van der Waals surface area (Å²) in [5.41, 5.74) is 0.444. The van der Waals surface area contributed by atoms with Gasteiger partial charge in [0, 0.05) is 25.5 Å². The third-order valence-electron chi connectivity index (χ3n) is 9.43. The number of anilines is 1. The first-order valence-electron chi connectivity index (χ1n) is 19.3. The molecule has 0 aliphatic heterocycles. The number of non-ortho nitro benzene ring substituents is 1. The second-order valence-corrected chi connectivity index (χ2v) is 15.4. The van der Waals surface area contributed by atoms with E-state index < -0.39 is 80.6 Å². The van der Waals surface area contributed by atoms with Gasteiger partial charge in [0.2, 0.25) is 5.52 Å². The number of carbonyl (C=O) groups excluding carboxylic acids is 2. The Morgan fingerprint density at radius 1 is 0.804 bits per heavy atom. The molecule has 1 saturated carbocycles. The first-order valence-corrected chi connectivity index (χ1v) is 20.8. The zero-order chi connectivity index (χ0) is 41.1. The average molecular weight is 821 g/mol. The van der Waals surface area contributed by atoms with E-state index in [9.17, 15) is 54.7 Å². The van der Waals surface area contributed by atoms with Crippen molar-refractivity contribution in [1.82, 2.24) is 10.3 Å². The maximum absolute atomic E-state index is 12.8. The van der Waals surface area contributed by atoms with E-state index in [1.807, 2.05) is 0 Å². The highest BCUT2D eigenvalue weighted by molar-refractivity contribution is 7.47. The highest BCUT2D eigenvalue weighted by Crippen LogP contribution is 2.47. The Balaban J connectivity index is 1.45. The molecule has 3 unspecified atom stereocenters. The van der Waals surface area contributed by atoms with E-state index in [4.69, 9.17) is 18.5 Å². The second kappa shape index (κ2) is 24.4. The first-order chi connectivity index (χ1) is 26.8. The fraction of sp³-hybridized carbons (Fsp3) is 0.771. The number of rotatable bonds is 28. The predicted molar refractivity (Wildman–Crippen MR) is 198 cm³/mol. The van der Waals surface area contributed by atoms with Gasteiger partial charge in [-0.25, -0.2) is 9.19 Å². The number of phosphoric ester groups is 1. The number of aromatic nitrogens is 2. The number of ether oxygens (including phenoxy) is 2. The number of phosphoric acid groups is 1. The molecular weight excluding hydrogens is 763 g/mol. The van der Waals surface area contributed by atoms with E-state index in [0.29, 0.717) is 37.9 Å². The maximum Gasteiger partial charge on any atom is 0.472 e. The first kappa shape index (κ1) is 47.0. The molecule has 1 aromatic carbocycles. The van der Waals surface area contributed by atoms with Crippen molar-refractivity contribution >= 4 is 42.2 Å². The Morgan fingerprint density at radius 2 is 1.34 bits per heavy atom. The molecule has 1 aromatic heterocycles. The summed E-state index contributed by atoms with van der Waals surface area (Å²) in [7, 11) is -5.18. The van der Waals surface area contributed by atoms with Gasteiger partial charge < -0.3 is 45.2 Å². The van der Waals surface area contributed by atoms with E-state index >= 15 is 0 Å². The van der Waals surface area contributed by atoms with E-state index in [0.717, 1.165) is 25.7 Å². The molecule has 3 rings (SSSR count). The van der Waals surface area contributed by atoms with Crippen molar-refractivity contribution in [3.63, 3.8) is 0 Å². The summed E-state index contributed by atoms with van der Waals surface area (Å²) in [5.74, 6) is -1.30. The minimum absolute atomic E-state index is 0.00626. The Kier molecular flexibility index (Phi) is 20.5. The van der Waals surface area contributed by atoms with Gasteiger partial charge in [-0.3, -0.25) is 28.8 Å². The zero-order valence-corrected chi connectivity index (χ0v) is 32.6. The number of nitrogens with one attached hydrogen (secondary N) is 1. The van der Waals surface area contributed by atoms with Crippen LogP contribution >= 0.6 is 7.82 Å². The Labute approximate surface area is 324 Å². The van der Waals surface area contributed by atoms with E-state index in [2.05, 4.69) is 27.2 Å². The van der Waals surface area contributed by atoms with Crippen LogP contribution in [-0.2, 0) is 32.7 Å². The van der Waals surface area contributed by atoms with Crippen LogP contribution in [0.1, 0.15) is 110 Å². The van der Waals surface area contributed by atoms with E-state index in [1.165, 1.54) is 50.7 Å². The van der Waals surface area contributed by atoms with Gasteiger partial charge >= 0.3 is 25.4 Å². The quantitative estimate of drug-likeness (QED) is 0.0212. The fourth-order valence-corrected chi connectivity index (χ4v) is 7.15. The molecule has 0 spiro atoms. The minimum Gasteiger partial charge on any atom is -0.462 e. The number of nitro benzene ring substituents is 1. The summed E-state index contributed by atoms with van der Waals surface area (Å²) in [4.78, 5) is 46.2. The van der Waals surface area contributed by atoms with Crippen molar-refractivity contribution in [2.24, 2.45) is 0 Å². The molecule has 0 saturated heterocycles. The monoisotopic (exact) mass is 820 g/mol. The molecule has 1 fully saturated rings. The average Bonchev–Trinajstić information content (AvgIpc) is 3.67. The van der Waals surface area contributed by atoms with Crippen molar-refractivity contribution in [2.45, 2.75) is 152 Å². The molecule has 1 aliphatic rings. The van der Waals surface area contributed by atoms with Crippen molar-refractivity contribution in [1.29, 1.82) is 0 Å². The highest BCUT2D eigenvalue weighted by atomic mass is 31.2. The molecule has 0 bridgehead atoms. The number of fused-ring (bicyclic) bond motifs is 1. The summed E-state index contributed by atoms with van der Waals surface area (Å²) >= 11 is 0. The van der Waals surface area contributed by atoms with Crippen LogP contribution in [0.3, 0.4) is 0 Å². The third-order valence-corrected chi connectivity index (χ3v) is 10.4. The number of unbranched alkanes of at least 4 members (excludes halogenated alkanes) is 12. The van der Waals surface area contributed by atoms with Crippen LogP contribution in [-0.4, -0.2) is 120 Å². The van der Waals surface area contributed by atoms with Crippen LogP contribution in [0.4, 0.5) is 11.4 Å². The molecule has 7 N–H and O–H groups in total. The third kappa shape index (κ3) is 15.5. The lowest BCUT2D eigenvalue weighted by molar-refractivity contribution is -0.383. The Hall–Kier alpha value is -3.33. The lowest BCUT2D eigenvalue weighted by atomic mass is 9.85. The predicted octanol–water partition coefficient (Wildman–Crippen LogP) is 3.58. The fourth-order valence-electron chi connectivity index (χ4n) is 6.17. The number of benzene rings is 1. The second-order valence-electron chi connectivity index (χ2n) is 14.0. The number of carbonyl (C=O) groups is 2. The lowest BCUT2D eigenvalue weighted by Crippen LogP contribution is -2.64. The van der Waals surface area contributed by atoms with Crippen LogP contribution in [0.2, 0.25) is 0 Å². The molecule has 1 heterocycles. The summed E-state index contributed by atoms with van der Waals surface area (Å²) in [6, 6.07) is 2.77. The van der Waals surface area contributed by atoms with Gasteiger partial charge in [-0.15, -0.1) is 0 Å². The Morgan fingerprint density at radius 3 is 1.95 bits per heavy atom. The van der Waals surface area contributed by atoms with E-state index in [-0.39, 0.29) is 29.6 Å². The van der Waals surface area contributed by atoms with Gasteiger partial charge in [0.05, 0.1) is 17.2 Å². The molecule has 0 amide bonds. The SMILES string of the molecule is CCCCCCCCCCCCCC(=O)OC[C@H](COP(=O)(O)OC1[C@H](O)[C@H](O)C(O)[C@H](O)[C@H]1O)OC(=O)CCCCCNc1ccc([N+](=O)[O-])c2nonc12. The number of esters is 2. The number of nitro groups is 1. The summed E-state index contributed by atoms with van der Waals surface area (Å²) in [5, 5.41) is 71.6. The molecule has 8 atom stereocenters. The molecule has 0 radical (unpaired) electrons. The minimum atomic E-state index is -5.18. The standard InChI is InChI=1S/C35H57N4O16P/c1-2-3-4-5-6-7-8-9-10-11-13-16-26(40)51-21-23(22-52-56(49,50)54-35-33(45)31(43)30(42)32(44)34(35)46)53-27(41)17-14-12-15-20-36-24-18-19-25(39(47)48)29-28(24)37-55-38-29/h18-19,23,30-36,42-46H,2-17,20-22H2,1H3,(H,49,50)/t23-,30?,31-,32+,33-,34-,35?/m1/s1. The van der Waals surface area contributed by atoms with Gasteiger partial charge in [0.15, 0.2) is 11.6 Å². The van der Waals surface area contributed by atoms with Crippen LogP contribution in [0.5, 0.6) is 0 Å². The zero-order valence-electron chi connectivity index (χ0n) is 31.7. The number of hydrogen-bond donors (Lipinski definition) is 7. The summed E-state index contributed by atoms with van der Waals surface area (Å²) in [6.07, 6.45) is 0.0190. The van der Waals surface area contributed by atoms with Gasteiger partial charge in [0.25, 0.3) is 0 Å². The lowest BCUT2D eigenvalue weighted by Gasteiger charge is -2.41. The van der Waals surface area contributed by atoms with Gasteiger partial charge in [-0.05, 0) is 35.6 Å².